The van der Waals surface area contributed by atoms with Crippen molar-refractivity contribution in [3.05, 3.63) is 88.0 Å². The molecular formula is C22H20ClN3O. The second kappa shape index (κ2) is 7.77. The quantitative estimate of drug-likeness (QED) is 0.612. The molecule has 0 aliphatic rings. The number of hydrogen-bond donors (Lipinski definition) is 0. The topological polar surface area (TPSA) is 58.8 Å². The Balaban J connectivity index is 1.78. The van der Waals surface area contributed by atoms with Gasteiger partial charge >= 0.3 is 0 Å². The summed E-state index contributed by atoms with van der Waals surface area (Å²) < 4.78 is 5.82. The Kier molecular flexibility index (Phi) is 5.43. The molecule has 0 N–H and O–H groups in total. The van der Waals surface area contributed by atoms with Crippen LogP contribution in [-0.2, 0) is 12.0 Å². The Morgan fingerprint density at radius 3 is 2.48 bits per heavy atom. The number of nitriles is 1. The smallest absolute Gasteiger partial charge is 0.130 e. The van der Waals surface area contributed by atoms with Crippen molar-refractivity contribution in [1.29, 1.82) is 5.26 Å². The van der Waals surface area contributed by atoms with Crippen LogP contribution in [0.1, 0.15) is 42.1 Å². The van der Waals surface area contributed by atoms with Crippen LogP contribution in [0.15, 0.2) is 54.7 Å². The van der Waals surface area contributed by atoms with E-state index >= 15 is 0 Å². The molecular weight excluding hydrogens is 358 g/mol. The van der Waals surface area contributed by atoms with Crippen molar-refractivity contribution in [2.75, 3.05) is 0 Å². The third-order valence-electron chi connectivity index (χ3n) is 4.54. The van der Waals surface area contributed by atoms with Gasteiger partial charge in [-0.15, -0.1) is 0 Å². The summed E-state index contributed by atoms with van der Waals surface area (Å²) >= 11 is 6.18. The molecule has 3 rings (SSSR count). The van der Waals surface area contributed by atoms with Crippen LogP contribution in [0, 0.1) is 18.3 Å². The number of halogens is 1. The molecule has 0 bridgehead atoms. The lowest BCUT2D eigenvalue weighted by Crippen LogP contribution is -2.19. The molecule has 0 fully saturated rings. The molecule has 5 heteroatoms. The Labute approximate surface area is 164 Å². The lowest BCUT2D eigenvalue weighted by Gasteiger charge is -2.26. The Bertz CT molecular complexity index is 991. The number of aryl methyl sites for hydroxylation is 1. The standard InChI is InChI=1S/C22H20ClN3O/c1-15-25-9-8-20(26-15)14-27-21-6-4-17(5-7-21)22(2,3)18-10-16(13-24)11-19(23)12-18/h4-12H,14H2,1-3H3. The fraction of sp³-hybridized carbons (Fsp3) is 0.227. The van der Waals surface area contributed by atoms with Gasteiger partial charge in [0.1, 0.15) is 18.2 Å². The molecule has 0 aliphatic heterocycles. The third kappa shape index (κ3) is 4.45. The van der Waals surface area contributed by atoms with E-state index < -0.39 is 0 Å². The van der Waals surface area contributed by atoms with Crippen molar-refractivity contribution in [3.63, 3.8) is 0 Å². The minimum atomic E-state index is -0.293. The second-order valence-electron chi connectivity index (χ2n) is 6.87. The molecule has 4 nitrogen and oxygen atoms in total. The lowest BCUT2D eigenvalue weighted by atomic mass is 9.78. The highest BCUT2D eigenvalue weighted by molar-refractivity contribution is 6.30. The minimum absolute atomic E-state index is 0.293. The molecule has 0 atom stereocenters. The van der Waals surface area contributed by atoms with Gasteiger partial charge in [-0.05, 0) is 54.4 Å². The van der Waals surface area contributed by atoms with E-state index in [2.05, 4.69) is 29.9 Å². The van der Waals surface area contributed by atoms with Crippen molar-refractivity contribution in [2.45, 2.75) is 32.8 Å². The number of aromatic nitrogens is 2. The molecule has 0 spiro atoms. The Hall–Kier alpha value is -2.90. The van der Waals surface area contributed by atoms with E-state index in [4.69, 9.17) is 16.3 Å². The summed E-state index contributed by atoms with van der Waals surface area (Å²) in [6.07, 6.45) is 1.73. The maximum atomic E-state index is 9.20. The van der Waals surface area contributed by atoms with E-state index in [0.29, 0.717) is 17.2 Å². The van der Waals surface area contributed by atoms with Crippen molar-refractivity contribution >= 4 is 11.6 Å². The highest BCUT2D eigenvalue weighted by Crippen LogP contribution is 2.34. The van der Waals surface area contributed by atoms with Crippen LogP contribution in [-0.4, -0.2) is 9.97 Å². The zero-order chi connectivity index (χ0) is 19.4. The van der Waals surface area contributed by atoms with Gasteiger partial charge in [0.15, 0.2) is 0 Å². The molecule has 0 saturated carbocycles. The normalized spacial score (nSPS) is 11.1. The summed E-state index contributed by atoms with van der Waals surface area (Å²) in [7, 11) is 0. The lowest BCUT2D eigenvalue weighted by molar-refractivity contribution is 0.300. The van der Waals surface area contributed by atoms with Crippen LogP contribution >= 0.6 is 11.6 Å². The summed E-state index contributed by atoms with van der Waals surface area (Å²) in [6, 6.07) is 17.4. The van der Waals surface area contributed by atoms with E-state index in [1.165, 1.54) is 0 Å². The highest BCUT2D eigenvalue weighted by atomic mass is 35.5. The van der Waals surface area contributed by atoms with E-state index in [-0.39, 0.29) is 5.41 Å². The number of rotatable bonds is 5. The molecule has 3 aromatic rings. The van der Waals surface area contributed by atoms with Gasteiger partial charge < -0.3 is 4.74 Å². The largest absolute Gasteiger partial charge is 0.487 e. The Morgan fingerprint density at radius 2 is 1.81 bits per heavy atom. The predicted molar refractivity (Wildman–Crippen MR) is 106 cm³/mol. The first-order chi connectivity index (χ1) is 12.9. The maximum Gasteiger partial charge on any atom is 0.130 e. The molecule has 136 valence electrons. The van der Waals surface area contributed by atoms with Crippen LogP contribution in [0.25, 0.3) is 0 Å². The predicted octanol–water partition coefficient (Wildman–Crippen LogP) is 5.22. The highest BCUT2D eigenvalue weighted by Gasteiger charge is 2.24. The van der Waals surface area contributed by atoms with Crippen LogP contribution in [0.5, 0.6) is 5.75 Å². The van der Waals surface area contributed by atoms with E-state index in [0.717, 1.165) is 28.4 Å². The van der Waals surface area contributed by atoms with Gasteiger partial charge in [0.25, 0.3) is 0 Å². The van der Waals surface area contributed by atoms with Crippen LogP contribution < -0.4 is 4.74 Å². The minimum Gasteiger partial charge on any atom is -0.487 e. The van der Waals surface area contributed by atoms with Crippen molar-refractivity contribution < 1.29 is 4.74 Å². The summed E-state index contributed by atoms with van der Waals surface area (Å²) in [5.41, 5.74) is 3.22. The Morgan fingerprint density at radius 1 is 1.07 bits per heavy atom. The fourth-order valence-electron chi connectivity index (χ4n) is 2.89. The molecule has 27 heavy (non-hydrogen) atoms. The molecule has 1 aromatic heterocycles. The van der Waals surface area contributed by atoms with Gasteiger partial charge in [-0.1, -0.05) is 37.6 Å². The average molecular weight is 378 g/mol. The van der Waals surface area contributed by atoms with Crippen molar-refractivity contribution in [2.24, 2.45) is 0 Å². The molecule has 1 heterocycles. The molecule has 0 aliphatic carbocycles. The van der Waals surface area contributed by atoms with Crippen LogP contribution in [0.4, 0.5) is 0 Å². The van der Waals surface area contributed by atoms with Gasteiger partial charge in [0.2, 0.25) is 0 Å². The zero-order valence-electron chi connectivity index (χ0n) is 15.5. The van der Waals surface area contributed by atoms with Crippen LogP contribution in [0.2, 0.25) is 5.02 Å². The monoisotopic (exact) mass is 377 g/mol. The molecule has 0 radical (unpaired) electrons. The van der Waals surface area contributed by atoms with Gasteiger partial charge in [0, 0.05) is 16.6 Å². The third-order valence-corrected chi connectivity index (χ3v) is 4.76. The summed E-state index contributed by atoms with van der Waals surface area (Å²) in [5, 5.41) is 9.76. The number of benzene rings is 2. The summed E-state index contributed by atoms with van der Waals surface area (Å²) in [5.74, 6) is 1.50. The summed E-state index contributed by atoms with van der Waals surface area (Å²) in [4.78, 5) is 8.42. The summed E-state index contributed by atoms with van der Waals surface area (Å²) in [6.45, 7) is 6.47. The van der Waals surface area contributed by atoms with E-state index in [1.807, 2.05) is 49.4 Å². The number of hydrogen-bond acceptors (Lipinski definition) is 4. The first-order valence-electron chi connectivity index (χ1n) is 8.61. The maximum absolute atomic E-state index is 9.20. The van der Waals surface area contributed by atoms with E-state index in [9.17, 15) is 5.26 Å². The SMILES string of the molecule is Cc1nccc(COc2ccc(C(C)(C)c3cc(Cl)cc(C#N)c3)cc2)n1. The molecule has 0 unspecified atom stereocenters. The zero-order valence-corrected chi connectivity index (χ0v) is 16.3. The first-order valence-corrected chi connectivity index (χ1v) is 8.99. The fourth-order valence-corrected chi connectivity index (χ4v) is 3.13. The van der Waals surface area contributed by atoms with E-state index in [1.54, 1.807) is 12.3 Å². The van der Waals surface area contributed by atoms with Crippen molar-refractivity contribution in [3.8, 4) is 11.8 Å². The van der Waals surface area contributed by atoms with Gasteiger partial charge in [-0.2, -0.15) is 5.26 Å². The second-order valence-corrected chi connectivity index (χ2v) is 7.31. The van der Waals surface area contributed by atoms with Gasteiger partial charge in [-0.3, -0.25) is 0 Å². The number of ether oxygens (including phenoxy) is 1. The van der Waals surface area contributed by atoms with Crippen molar-refractivity contribution in [1.82, 2.24) is 9.97 Å². The number of nitrogens with zero attached hydrogens (tertiary/aromatic N) is 3. The van der Waals surface area contributed by atoms with Crippen LogP contribution in [0.3, 0.4) is 0 Å². The molecule has 0 saturated heterocycles. The van der Waals surface area contributed by atoms with Gasteiger partial charge in [0.05, 0.1) is 17.3 Å². The average Bonchev–Trinajstić information content (AvgIpc) is 2.66. The first kappa shape index (κ1) is 18.9. The van der Waals surface area contributed by atoms with Gasteiger partial charge in [-0.25, -0.2) is 9.97 Å². The molecule has 2 aromatic carbocycles. The molecule has 0 amide bonds.